The van der Waals surface area contributed by atoms with Gasteiger partial charge in [0.05, 0.1) is 31.8 Å². The Morgan fingerprint density at radius 3 is 2.68 bits per heavy atom. The predicted molar refractivity (Wildman–Crippen MR) is 137 cm³/mol. The molecule has 0 radical (unpaired) electrons. The van der Waals surface area contributed by atoms with Crippen LogP contribution in [0.25, 0.3) is 10.2 Å². The Kier molecular flexibility index (Phi) is 8.63. The van der Waals surface area contributed by atoms with Gasteiger partial charge in [-0.2, -0.15) is 0 Å². The number of nitrogens with one attached hydrogen (secondary N) is 1. The zero-order chi connectivity index (χ0) is 24.1. The van der Waals surface area contributed by atoms with Gasteiger partial charge in [0.25, 0.3) is 0 Å². The minimum absolute atomic E-state index is 0.0276. The molecular formula is C24H28Cl2N4O3S. The number of hydrogen-bond donors (Lipinski definition) is 2. The van der Waals surface area contributed by atoms with Crippen molar-refractivity contribution < 1.29 is 14.6 Å². The lowest BCUT2D eigenvalue weighted by Crippen LogP contribution is -2.51. The summed E-state index contributed by atoms with van der Waals surface area (Å²) in [5.41, 5.74) is 1.83. The van der Waals surface area contributed by atoms with E-state index in [1.165, 1.54) is 0 Å². The molecule has 1 aliphatic rings. The van der Waals surface area contributed by atoms with Crippen LogP contribution >= 0.6 is 34.5 Å². The Labute approximate surface area is 213 Å². The van der Waals surface area contributed by atoms with Crippen LogP contribution in [0.4, 0.5) is 0 Å². The second-order valence-electron chi connectivity index (χ2n) is 8.43. The molecular weight excluding hydrogens is 495 g/mol. The van der Waals surface area contributed by atoms with Crippen molar-refractivity contribution in [1.82, 2.24) is 20.1 Å². The Hall–Kier alpha value is -1.94. The highest BCUT2D eigenvalue weighted by Crippen LogP contribution is 2.25. The van der Waals surface area contributed by atoms with Gasteiger partial charge in [0.2, 0.25) is 5.91 Å². The number of aromatic nitrogens is 1. The summed E-state index contributed by atoms with van der Waals surface area (Å²) in [5.74, 6) is 0.689. The lowest BCUT2D eigenvalue weighted by atomic mass is 10.2. The second kappa shape index (κ2) is 11.7. The number of amides is 1. The van der Waals surface area contributed by atoms with Crippen molar-refractivity contribution in [3.63, 3.8) is 0 Å². The Balaban J connectivity index is 1.14. The van der Waals surface area contributed by atoms with E-state index >= 15 is 0 Å². The van der Waals surface area contributed by atoms with E-state index in [0.717, 1.165) is 47.0 Å². The Morgan fingerprint density at radius 2 is 1.91 bits per heavy atom. The number of carbonyl (C=O) groups is 1. The number of benzene rings is 2. The summed E-state index contributed by atoms with van der Waals surface area (Å²) in [7, 11) is 0. The molecule has 1 atom stereocenters. The third kappa shape index (κ3) is 7.04. The second-order valence-corrected chi connectivity index (χ2v) is 10.5. The molecule has 4 rings (SSSR count). The van der Waals surface area contributed by atoms with Gasteiger partial charge in [-0.3, -0.25) is 14.6 Å². The number of aliphatic hydroxyl groups is 1. The molecule has 0 aliphatic carbocycles. The molecule has 0 saturated carbocycles. The number of aliphatic hydroxyl groups excluding tert-OH is 1. The van der Waals surface area contributed by atoms with Gasteiger partial charge in [-0.05, 0) is 36.8 Å². The highest BCUT2D eigenvalue weighted by atomic mass is 35.5. The Bertz CT molecular complexity index is 1130. The average molecular weight is 523 g/mol. The lowest BCUT2D eigenvalue weighted by Gasteiger charge is -2.35. The quantitative estimate of drug-likeness (QED) is 0.447. The first-order valence-electron chi connectivity index (χ1n) is 11.2. The standard InChI is InChI=1S/C24H28Cl2N4O3S/c1-16-28-22-11-19(3-5-23(22)34-16)33-15-18(31)13-29-6-8-30(9-7-29)14-24(32)27-12-17-2-4-20(25)21(26)10-17/h2-5,10-11,18,31H,6-9,12-15H2,1H3,(H,27,32). The van der Waals surface area contributed by atoms with Crippen LogP contribution in [0.1, 0.15) is 10.6 Å². The van der Waals surface area contributed by atoms with Gasteiger partial charge in [-0.25, -0.2) is 4.98 Å². The Morgan fingerprint density at radius 1 is 1.15 bits per heavy atom. The van der Waals surface area contributed by atoms with E-state index in [2.05, 4.69) is 20.1 Å². The van der Waals surface area contributed by atoms with Crippen LogP contribution < -0.4 is 10.1 Å². The molecule has 7 nitrogen and oxygen atoms in total. The number of aryl methyl sites for hydroxylation is 1. The third-order valence-corrected chi connectivity index (χ3v) is 7.37. The molecule has 0 bridgehead atoms. The van der Waals surface area contributed by atoms with Crippen molar-refractivity contribution in [2.75, 3.05) is 45.9 Å². The summed E-state index contributed by atoms with van der Waals surface area (Å²) < 4.78 is 6.92. The number of halogens is 2. The summed E-state index contributed by atoms with van der Waals surface area (Å²) >= 11 is 13.6. The highest BCUT2D eigenvalue weighted by molar-refractivity contribution is 7.18. The largest absolute Gasteiger partial charge is 0.491 e. The van der Waals surface area contributed by atoms with Gasteiger partial charge in [0, 0.05) is 45.3 Å². The van der Waals surface area contributed by atoms with Crippen molar-refractivity contribution in [3.05, 3.63) is 57.0 Å². The first kappa shape index (κ1) is 25.2. The van der Waals surface area contributed by atoms with Gasteiger partial charge in [-0.1, -0.05) is 29.3 Å². The van der Waals surface area contributed by atoms with Gasteiger partial charge in [0.1, 0.15) is 18.5 Å². The molecule has 1 fully saturated rings. The maximum absolute atomic E-state index is 12.3. The van der Waals surface area contributed by atoms with E-state index in [0.29, 0.717) is 35.4 Å². The van der Waals surface area contributed by atoms with Gasteiger partial charge in [-0.15, -0.1) is 11.3 Å². The van der Waals surface area contributed by atoms with Crippen molar-refractivity contribution in [3.8, 4) is 5.75 Å². The summed E-state index contributed by atoms with van der Waals surface area (Å²) in [6, 6.07) is 11.2. The van der Waals surface area contributed by atoms with Crippen molar-refractivity contribution in [2.24, 2.45) is 0 Å². The molecule has 2 N–H and O–H groups in total. The molecule has 34 heavy (non-hydrogen) atoms. The fraction of sp³-hybridized carbons (Fsp3) is 0.417. The third-order valence-electron chi connectivity index (χ3n) is 5.68. The van der Waals surface area contributed by atoms with Crippen LogP contribution in [-0.4, -0.2) is 77.8 Å². The lowest BCUT2D eigenvalue weighted by molar-refractivity contribution is -0.122. The van der Waals surface area contributed by atoms with E-state index in [4.69, 9.17) is 27.9 Å². The number of β-amino-alcohol motifs (C(OH)–C–C–N with tert-alkyl or cyclic N) is 1. The average Bonchev–Trinajstić information content (AvgIpc) is 3.19. The molecule has 10 heteroatoms. The maximum atomic E-state index is 12.3. The minimum Gasteiger partial charge on any atom is -0.491 e. The topological polar surface area (TPSA) is 77.9 Å². The van der Waals surface area contributed by atoms with Gasteiger partial charge < -0.3 is 15.2 Å². The van der Waals surface area contributed by atoms with Gasteiger partial charge in [0.15, 0.2) is 0 Å². The molecule has 2 aromatic carbocycles. The first-order valence-corrected chi connectivity index (χ1v) is 12.8. The van der Waals surface area contributed by atoms with Crippen LogP contribution in [0.2, 0.25) is 10.0 Å². The summed E-state index contributed by atoms with van der Waals surface area (Å²) in [4.78, 5) is 21.1. The number of fused-ring (bicyclic) bond motifs is 1. The number of nitrogens with zero attached hydrogens (tertiary/aromatic N) is 3. The van der Waals surface area contributed by atoms with Crippen LogP contribution in [-0.2, 0) is 11.3 Å². The number of ether oxygens (including phenoxy) is 1. The molecule has 1 saturated heterocycles. The van der Waals surface area contributed by atoms with Crippen LogP contribution in [0.5, 0.6) is 5.75 Å². The normalized spacial score (nSPS) is 16.0. The van der Waals surface area contributed by atoms with E-state index in [1.807, 2.05) is 31.2 Å². The molecule has 182 valence electrons. The van der Waals surface area contributed by atoms with E-state index in [-0.39, 0.29) is 12.5 Å². The van der Waals surface area contributed by atoms with Gasteiger partial charge >= 0.3 is 0 Å². The molecule has 2 heterocycles. The maximum Gasteiger partial charge on any atom is 0.234 e. The first-order chi connectivity index (χ1) is 16.4. The summed E-state index contributed by atoms with van der Waals surface area (Å²) in [5, 5.41) is 15.4. The molecule has 0 spiro atoms. The molecule has 1 aromatic heterocycles. The molecule has 1 aliphatic heterocycles. The number of piperazine rings is 1. The number of hydrogen-bond acceptors (Lipinski definition) is 7. The minimum atomic E-state index is -0.589. The smallest absolute Gasteiger partial charge is 0.234 e. The van der Waals surface area contributed by atoms with E-state index < -0.39 is 6.10 Å². The highest BCUT2D eigenvalue weighted by Gasteiger charge is 2.21. The van der Waals surface area contributed by atoms with Crippen LogP contribution in [0.15, 0.2) is 36.4 Å². The number of carbonyl (C=O) groups excluding carboxylic acids is 1. The predicted octanol–water partition coefficient (Wildman–Crippen LogP) is 3.59. The monoisotopic (exact) mass is 522 g/mol. The van der Waals surface area contributed by atoms with E-state index in [9.17, 15) is 9.90 Å². The van der Waals surface area contributed by atoms with Crippen molar-refractivity contribution in [2.45, 2.75) is 19.6 Å². The molecule has 1 amide bonds. The zero-order valence-corrected chi connectivity index (χ0v) is 21.3. The van der Waals surface area contributed by atoms with E-state index in [1.54, 1.807) is 23.5 Å². The fourth-order valence-electron chi connectivity index (χ4n) is 3.89. The van der Waals surface area contributed by atoms with Crippen molar-refractivity contribution >= 4 is 50.7 Å². The fourth-order valence-corrected chi connectivity index (χ4v) is 5.02. The number of thiazole rings is 1. The number of rotatable bonds is 9. The molecule has 1 unspecified atom stereocenters. The summed E-state index contributed by atoms with van der Waals surface area (Å²) in [6.07, 6.45) is -0.589. The summed E-state index contributed by atoms with van der Waals surface area (Å²) in [6.45, 7) is 6.64. The SMILES string of the molecule is Cc1nc2cc(OCC(O)CN3CCN(CC(=O)NCc4ccc(Cl)c(Cl)c4)CC3)ccc2s1. The van der Waals surface area contributed by atoms with Crippen LogP contribution in [0.3, 0.4) is 0 Å². The van der Waals surface area contributed by atoms with Crippen LogP contribution in [0, 0.1) is 6.92 Å². The zero-order valence-electron chi connectivity index (χ0n) is 19.0. The van der Waals surface area contributed by atoms with Crippen molar-refractivity contribution in [1.29, 1.82) is 0 Å². The molecule has 3 aromatic rings.